The molecule has 1 aliphatic carbocycles. The monoisotopic (exact) mass is 212 g/mol. The molecule has 3 nitrogen and oxygen atoms in total. The molecule has 3 heteroatoms. The second kappa shape index (κ2) is 5.28. The van der Waals surface area contributed by atoms with Crippen LogP contribution in [-0.2, 0) is 0 Å². The van der Waals surface area contributed by atoms with Gasteiger partial charge in [-0.3, -0.25) is 4.90 Å². The number of aliphatic hydroxyl groups excluding tert-OH is 1. The molecule has 0 spiro atoms. The zero-order valence-corrected chi connectivity index (χ0v) is 9.78. The molecule has 2 rings (SSSR count). The molecule has 2 N–H and O–H groups in total. The van der Waals surface area contributed by atoms with Crippen LogP contribution in [0.25, 0.3) is 0 Å². The van der Waals surface area contributed by atoms with Crippen molar-refractivity contribution in [1.29, 1.82) is 0 Å². The predicted octanol–water partition coefficient (Wildman–Crippen LogP) is 0.974. The minimum absolute atomic E-state index is 0.0854. The fourth-order valence-corrected chi connectivity index (χ4v) is 2.96. The Kier molecular flexibility index (Phi) is 4.00. The van der Waals surface area contributed by atoms with Gasteiger partial charge in [-0.25, -0.2) is 0 Å². The highest BCUT2D eigenvalue weighted by molar-refractivity contribution is 4.86. The Morgan fingerprint density at radius 2 is 2.00 bits per heavy atom. The minimum atomic E-state index is -0.0854. The topological polar surface area (TPSA) is 35.5 Å². The first-order valence-corrected chi connectivity index (χ1v) is 6.43. The van der Waals surface area contributed by atoms with Crippen molar-refractivity contribution in [1.82, 2.24) is 10.2 Å². The number of nitrogens with zero attached hydrogens (tertiary/aromatic N) is 1. The van der Waals surface area contributed by atoms with Crippen LogP contribution in [0.5, 0.6) is 0 Å². The molecule has 15 heavy (non-hydrogen) atoms. The molecule has 1 aliphatic heterocycles. The van der Waals surface area contributed by atoms with E-state index in [1.165, 1.54) is 25.7 Å². The molecule has 1 saturated heterocycles. The van der Waals surface area contributed by atoms with Crippen LogP contribution in [0.4, 0.5) is 0 Å². The zero-order chi connectivity index (χ0) is 10.7. The molecule has 0 aromatic rings. The summed E-state index contributed by atoms with van der Waals surface area (Å²) < 4.78 is 0. The van der Waals surface area contributed by atoms with Gasteiger partial charge in [0.05, 0.1) is 6.10 Å². The summed E-state index contributed by atoms with van der Waals surface area (Å²) in [5, 5.41) is 13.6. The highest BCUT2D eigenvalue weighted by atomic mass is 16.3. The average Bonchev–Trinajstić information content (AvgIpc) is 2.43. The number of hydrogen-bond donors (Lipinski definition) is 2. The lowest BCUT2D eigenvalue weighted by Crippen LogP contribution is -2.55. The van der Waals surface area contributed by atoms with Crippen molar-refractivity contribution in [3.05, 3.63) is 0 Å². The third kappa shape index (κ3) is 2.92. The number of nitrogens with one attached hydrogen (secondary N) is 1. The first kappa shape index (κ1) is 11.4. The van der Waals surface area contributed by atoms with Gasteiger partial charge in [-0.1, -0.05) is 19.3 Å². The fourth-order valence-electron chi connectivity index (χ4n) is 2.96. The molecule has 2 aliphatic rings. The van der Waals surface area contributed by atoms with E-state index in [9.17, 15) is 5.11 Å². The molecule has 3 atom stereocenters. The molecular formula is C12H24N2O. The van der Waals surface area contributed by atoms with Gasteiger partial charge in [-0.2, -0.15) is 0 Å². The highest BCUT2D eigenvalue weighted by Crippen LogP contribution is 2.23. The van der Waals surface area contributed by atoms with Crippen LogP contribution >= 0.6 is 0 Å². The molecule has 88 valence electrons. The maximum Gasteiger partial charge on any atom is 0.0695 e. The molecular weight excluding hydrogens is 188 g/mol. The van der Waals surface area contributed by atoms with Gasteiger partial charge in [0.15, 0.2) is 0 Å². The van der Waals surface area contributed by atoms with Crippen molar-refractivity contribution >= 4 is 0 Å². The van der Waals surface area contributed by atoms with Gasteiger partial charge in [-0.15, -0.1) is 0 Å². The normalized spacial score (nSPS) is 40.0. The van der Waals surface area contributed by atoms with E-state index in [1.54, 1.807) is 0 Å². The lowest BCUT2D eigenvalue weighted by atomic mass is 10.0. The van der Waals surface area contributed by atoms with Crippen molar-refractivity contribution in [2.75, 3.05) is 19.6 Å². The maximum absolute atomic E-state index is 10.1. The number of hydrogen-bond acceptors (Lipinski definition) is 3. The molecule has 0 bridgehead atoms. The van der Waals surface area contributed by atoms with E-state index < -0.39 is 0 Å². The van der Waals surface area contributed by atoms with Crippen LogP contribution < -0.4 is 5.32 Å². The first-order valence-electron chi connectivity index (χ1n) is 6.43. The fraction of sp³-hybridized carbons (Fsp3) is 1.00. The smallest absolute Gasteiger partial charge is 0.0695 e. The Morgan fingerprint density at radius 1 is 1.20 bits per heavy atom. The zero-order valence-electron chi connectivity index (χ0n) is 9.78. The van der Waals surface area contributed by atoms with Crippen molar-refractivity contribution in [2.24, 2.45) is 0 Å². The predicted molar refractivity (Wildman–Crippen MR) is 61.9 cm³/mol. The van der Waals surface area contributed by atoms with E-state index in [0.29, 0.717) is 12.1 Å². The van der Waals surface area contributed by atoms with E-state index in [1.807, 2.05) is 0 Å². The molecule has 2 unspecified atom stereocenters. The Morgan fingerprint density at radius 3 is 2.80 bits per heavy atom. The van der Waals surface area contributed by atoms with Crippen molar-refractivity contribution in [3.8, 4) is 0 Å². The molecule has 2 fully saturated rings. The summed E-state index contributed by atoms with van der Waals surface area (Å²) >= 11 is 0. The SMILES string of the molecule is C[C@H]1CN(C2CCCCCC2O)CCN1. The van der Waals surface area contributed by atoms with E-state index in [0.717, 1.165) is 26.1 Å². The van der Waals surface area contributed by atoms with Gasteiger partial charge < -0.3 is 10.4 Å². The van der Waals surface area contributed by atoms with E-state index in [-0.39, 0.29) is 6.10 Å². The van der Waals surface area contributed by atoms with Crippen molar-refractivity contribution in [2.45, 2.75) is 57.2 Å². The van der Waals surface area contributed by atoms with Gasteiger partial charge in [-0.05, 0) is 19.8 Å². The summed E-state index contributed by atoms with van der Waals surface area (Å²) in [6.07, 6.45) is 5.91. The van der Waals surface area contributed by atoms with Crippen molar-refractivity contribution < 1.29 is 5.11 Å². The molecule has 1 saturated carbocycles. The Hall–Kier alpha value is -0.120. The second-order valence-corrected chi connectivity index (χ2v) is 5.12. The third-order valence-corrected chi connectivity index (χ3v) is 3.81. The largest absolute Gasteiger partial charge is 0.391 e. The summed E-state index contributed by atoms with van der Waals surface area (Å²) in [5.41, 5.74) is 0. The quantitative estimate of drug-likeness (QED) is 0.636. The molecule has 0 aromatic carbocycles. The second-order valence-electron chi connectivity index (χ2n) is 5.12. The third-order valence-electron chi connectivity index (χ3n) is 3.81. The first-order chi connectivity index (χ1) is 7.27. The molecule has 0 radical (unpaired) electrons. The Labute approximate surface area is 92.8 Å². The van der Waals surface area contributed by atoms with Gasteiger partial charge in [0.25, 0.3) is 0 Å². The number of aliphatic hydroxyl groups is 1. The minimum Gasteiger partial charge on any atom is -0.391 e. The van der Waals surface area contributed by atoms with E-state index in [4.69, 9.17) is 0 Å². The van der Waals surface area contributed by atoms with Gasteiger partial charge in [0.1, 0.15) is 0 Å². The Balaban J connectivity index is 1.94. The lowest BCUT2D eigenvalue weighted by molar-refractivity contribution is 0.0302. The van der Waals surface area contributed by atoms with Crippen LogP contribution in [0, 0.1) is 0 Å². The summed E-state index contributed by atoms with van der Waals surface area (Å²) in [5.74, 6) is 0. The van der Waals surface area contributed by atoms with Crippen molar-refractivity contribution in [3.63, 3.8) is 0 Å². The standard InChI is InChI=1S/C12H24N2O/c1-10-9-14(8-7-13-10)11-5-3-2-4-6-12(11)15/h10-13,15H,2-9H2,1H3/t10-,11?,12?/m0/s1. The average molecular weight is 212 g/mol. The van der Waals surface area contributed by atoms with Gasteiger partial charge in [0, 0.05) is 31.7 Å². The van der Waals surface area contributed by atoms with Crippen LogP contribution in [0.3, 0.4) is 0 Å². The van der Waals surface area contributed by atoms with Crippen LogP contribution in [-0.4, -0.2) is 47.8 Å². The maximum atomic E-state index is 10.1. The molecule has 0 aromatic heterocycles. The van der Waals surface area contributed by atoms with Gasteiger partial charge >= 0.3 is 0 Å². The molecule has 0 amide bonds. The van der Waals surface area contributed by atoms with Crippen LogP contribution in [0.1, 0.15) is 39.0 Å². The Bertz CT molecular complexity index is 198. The van der Waals surface area contributed by atoms with Crippen LogP contribution in [0.2, 0.25) is 0 Å². The van der Waals surface area contributed by atoms with Crippen LogP contribution in [0.15, 0.2) is 0 Å². The van der Waals surface area contributed by atoms with E-state index >= 15 is 0 Å². The van der Waals surface area contributed by atoms with Gasteiger partial charge in [0.2, 0.25) is 0 Å². The molecule has 1 heterocycles. The summed E-state index contributed by atoms with van der Waals surface area (Å²) in [4.78, 5) is 2.50. The van der Waals surface area contributed by atoms with E-state index in [2.05, 4.69) is 17.1 Å². The highest BCUT2D eigenvalue weighted by Gasteiger charge is 2.29. The number of rotatable bonds is 1. The summed E-state index contributed by atoms with van der Waals surface area (Å²) in [6, 6.07) is 1.01. The number of piperazine rings is 1. The summed E-state index contributed by atoms with van der Waals surface area (Å²) in [6.45, 7) is 5.51. The lowest BCUT2D eigenvalue weighted by Gasteiger charge is -2.39. The summed E-state index contributed by atoms with van der Waals surface area (Å²) in [7, 11) is 0.